The Bertz CT molecular complexity index is 356. The predicted molar refractivity (Wildman–Crippen MR) is 54.8 cm³/mol. The van der Waals surface area contributed by atoms with Crippen LogP contribution in [-0.2, 0) is 10.0 Å². The standard InChI is InChI=1S/C5H7N3.C2H7NO2S/c1-4-2-3-7-8-5(4)6;1-2-6(3,4)5/h2-3H,1H3,(H2,6,8);2H2,1H3,(H2,3,4,5). The molecule has 80 valence electrons. The third-order valence-corrected chi connectivity index (χ3v) is 2.17. The number of sulfonamides is 1. The molecule has 0 aliphatic rings. The van der Waals surface area contributed by atoms with Crippen LogP contribution in [0.5, 0.6) is 0 Å². The molecule has 14 heavy (non-hydrogen) atoms. The van der Waals surface area contributed by atoms with E-state index < -0.39 is 10.0 Å². The summed E-state index contributed by atoms with van der Waals surface area (Å²) in [6, 6.07) is 1.82. The molecular formula is C7H14N4O2S. The second kappa shape index (κ2) is 5.51. The molecule has 0 radical (unpaired) electrons. The second-order valence-corrected chi connectivity index (χ2v) is 4.45. The Hall–Kier alpha value is -1.21. The van der Waals surface area contributed by atoms with Gasteiger partial charge in [0, 0.05) is 0 Å². The molecule has 7 heteroatoms. The van der Waals surface area contributed by atoms with Crippen molar-refractivity contribution in [2.24, 2.45) is 5.14 Å². The van der Waals surface area contributed by atoms with Crippen LogP contribution >= 0.6 is 0 Å². The molecule has 1 aromatic rings. The van der Waals surface area contributed by atoms with Crippen molar-refractivity contribution in [2.45, 2.75) is 13.8 Å². The van der Waals surface area contributed by atoms with Crippen molar-refractivity contribution in [1.29, 1.82) is 0 Å². The first-order valence-corrected chi connectivity index (χ1v) is 5.62. The van der Waals surface area contributed by atoms with Crippen LogP contribution in [0, 0.1) is 6.92 Å². The van der Waals surface area contributed by atoms with Gasteiger partial charge in [0.15, 0.2) is 0 Å². The predicted octanol–water partition coefficient (Wildman–Crippen LogP) is -0.338. The second-order valence-electron chi connectivity index (χ2n) is 2.55. The van der Waals surface area contributed by atoms with Gasteiger partial charge in [-0.05, 0) is 25.5 Å². The number of nitrogens with two attached hydrogens (primary N) is 2. The molecule has 6 nitrogen and oxygen atoms in total. The summed E-state index contributed by atoms with van der Waals surface area (Å²) < 4.78 is 19.6. The first-order chi connectivity index (χ1) is 6.37. The molecule has 0 amide bonds. The van der Waals surface area contributed by atoms with Crippen LogP contribution in [0.2, 0.25) is 0 Å². The Kier molecular flexibility index (Phi) is 5.03. The summed E-state index contributed by atoms with van der Waals surface area (Å²) in [7, 11) is -3.16. The average Bonchev–Trinajstić information content (AvgIpc) is 2.10. The number of hydrogen-bond donors (Lipinski definition) is 2. The van der Waals surface area contributed by atoms with Crippen LogP contribution in [0.4, 0.5) is 5.82 Å². The lowest BCUT2D eigenvalue weighted by Crippen LogP contribution is -2.13. The number of primary sulfonamides is 1. The Morgan fingerprint density at radius 2 is 2.00 bits per heavy atom. The normalized spacial score (nSPS) is 10.2. The van der Waals surface area contributed by atoms with Crippen LogP contribution in [0.1, 0.15) is 12.5 Å². The van der Waals surface area contributed by atoms with Crippen molar-refractivity contribution in [3.63, 3.8) is 0 Å². The van der Waals surface area contributed by atoms with E-state index in [1.54, 1.807) is 6.20 Å². The van der Waals surface area contributed by atoms with Crippen LogP contribution in [-0.4, -0.2) is 24.4 Å². The van der Waals surface area contributed by atoms with Crippen molar-refractivity contribution < 1.29 is 8.42 Å². The SMILES string of the molecule is CCS(N)(=O)=O.Cc1ccnnc1N. The summed E-state index contributed by atoms with van der Waals surface area (Å²) >= 11 is 0. The highest BCUT2D eigenvalue weighted by Gasteiger charge is 1.91. The monoisotopic (exact) mass is 218 g/mol. The van der Waals surface area contributed by atoms with E-state index in [-0.39, 0.29) is 5.75 Å². The molecule has 0 unspecified atom stereocenters. The van der Waals surface area contributed by atoms with E-state index in [1.807, 2.05) is 13.0 Å². The first-order valence-electron chi connectivity index (χ1n) is 3.91. The molecule has 0 bridgehead atoms. The minimum Gasteiger partial charge on any atom is -0.382 e. The van der Waals surface area contributed by atoms with E-state index in [9.17, 15) is 8.42 Å². The van der Waals surface area contributed by atoms with E-state index >= 15 is 0 Å². The molecule has 0 aliphatic carbocycles. The van der Waals surface area contributed by atoms with Crippen LogP contribution in [0.25, 0.3) is 0 Å². The van der Waals surface area contributed by atoms with E-state index in [4.69, 9.17) is 5.73 Å². The molecular weight excluding hydrogens is 204 g/mol. The van der Waals surface area contributed by atoms with Gasteiger partial charge in [-0.2, -0.15) is 5.10 Å². The Balaban J connectivity index is 0.000000255. The summed E-state index contributed by atoms with van der Waals surface area (Å²) in [5.41, 5.74) is 6.32. The Morgan fingerprint density at radius 3 is 2.21 bits per heavy atom. The van der Waals surface area contributed by atoms with Crippen LogP contribution in [0.15, 0.2) is 12.3 Å². The number of anilines is 1. The summed E-state index contributed by atoms with van der Waals surface area (Å²) in [4.78, 5) is 0. The molecule has 0 fully saturated rings. The van der Waals surface area contributed by atoms with E-state index in [0.717, 1.165) is 5.56 Å². The zero-order valence-corrected chi connectivity index (χ0v) is 8.95. The molecule has 4 N–H and O–H groups in total. The third-order valence-electron chi connectivity index (χ3n) is 1.36. The maximum Gasteiger partial charge on any atom is 0.208 e. The largest absolute Gasteiger partial charge is 0.382 e. The number of aryl methyl sites for hydroxylation is 1. The summed E-state index contributed by atoms with van der Waals surface area (Å²) in [6.45, 7) is 3.39. The lowest BCUT2D eigenvalue weighted by Gasteiger charge is -1.91. The van der Waals surface area contributed by atoms with E-state index in [0.29, 0.717) is 5.82 Å². The minimum atomic E-state index is -3.16. The summed E-state index contributed by atoms with van der Waals surface area (Å²) in [5.74, 6) is 0.528. The molecule has 1 aromatic heterocycles. The fourth-order valence-corrected chi connectivity index (χ4v) is 0.405. The molecule has 0 saturated heterocycles. The fourth-order valence-electron chi connectivity index (χ4n) is 0.405. The molecule has 0 saturated carbocycles. The highest BCUT2D eigenvalue weighted by Crippen LogP contribution is 1.99. The molecule has 0 aromatic carbocycles. The number of nitrogen functional groups attached to an aromatic ring is 1. The van der Waals surface area contributed by atoms with Gasteiger partial charge in [-0.25, -0.2) is 13.6 Å². The molecule has 1 rings (SSSR count). The van der Waals surface area contributed by atoms with Gasteiger partial charge in [0.25, 0.3) is 0 Å². The Morgan fingerprint density at radius 1 is 1.50 bits per heavy atom. The average molecular weight is 218 g/mol. The van der Waals surface area contributed by atoms with Gasteiger partial charge in [-0.1, -0.05) is 0 Å². The highest BCUT2D eigenvalue weighted by molar-refractivity contribution is 7.89. The van der Waals surface area contributed by atoms with Crippen molar-refractivity contribution in [1.82, 2.24) is 10.2 Å². The maximum absolute atomic E-state index is 9.78. The first kappa shape index (κ1) is 12.8. The van der Waals surface area contributed by atoms with Crippen molar-refractivity contribution >= 4 is 15.8 Å². The minimum absolute atomic E-state index is 0.0208. The number of hydrogen-bond acceptors (Lipinski definition) is 5. The lowest BCUT2D eigenvalue weighted by atomic mass is 10.3. The van der Waals surface area contributed by atoms with Gasteiger partial charge in [0.1, 0.15) is 5.82 Å². The van der Waals surface area contributed by atoms with Gasteiger partial charge in [-0.3, -0.25) is 0 Å². The number of rotatable bonds is 1. The van der Waals surface area contributed by atoms with Gasteiger partial charge in [0.2, 0.25) is 10.0 Å². The molecule has 0 atom stereocenters. The van der Waals surface area contributed by atoms with Crippen LogP contribution in [0.3, 0.4) is 0 Å². The summed E-state index contributed by atoms with van der Waals surface area (Å²) in [5, 5.41) is 11.7. The number of nitrogens with zero attached hydrogens (tertiary/aromatic N) is 2. The van der Waals surface area contributed by atoms with Crippen LogP contribution < -0.4 is 10.9 Å². The van der Waals surface area contributed by atoms with Gasteiger partial charge < -0.3 is 5.73 Å². The van der Waals surface area contributed by atoms with Gasteiger partial charge in [-0.15, -0.1) is 5.10 Å². The van der Waals surface area contributed by atoms with Gasteiger partial charge >= 0.3 is 0 Å². The lowest BCUT2D eigenvalue weighted by molar-refractivity contribution is 0.599. The Labute approximate surface area is 83.4 Å². The maximum atomic E-state index is 9.78. The van der Waals surface area contributed by atoms with Crippen molar-refractivity contribution in [2.75, 3.05) is 11.5 Å². The van der Waals surface area contributed by atoms with Crippen molar-refractivity contribution in [3.05, 3.63) is 17.8 Å². The molecule has 0 spiro atoms. The number of aromatic nitrogens is 2. The summed E-state index contributed by atoms with van der Waals surface area (Å²) in [6.07, 6.45) is 1.62. The third kappa shape index (κ3) is 6.32. The van der Waals surface area contributed by atoms with E-state index in [2.05, 4.69) is 15.3 Å². The highest BCUT2D eigenvalue weighted by atomic mass is 32.2. The molecule has 1 heterocycles. The zero-order valence-electron chi connectivity index (χ0n) is 8.14. The fraction of sp³-hybridized carbons (Fsp3) is 0.429. The topological polar surface area (TPSA) is 112 Å². The van der Waals surface area contributed by atoms with E-state index in [1.165, 1.54) is 6.92 Å². The smallest absolute Gasteiger partial charge is 0.208 e. The van der Waals surface area contributed by atoms with Gasteiger partial charge in [0.05, 0.1) is 11.9 Å². The van der Waals surface area contributed by atoms with Crippen molar-refractivity contribution in [3.8, 4) is 0 Å². The zero-order chi connectivity index (χ0) is 11.2. The quantitative estimate of drug-likeness (QED) is 0.669. The molecule has 0 aliphatic heterocycles.